The molecule has 10 heteroatoms. The number of ether oxygens (including phenoxy) is 3. The lowest BCUT2D eigenvalue weighted by Gasteiger charge is -2.38. The highest BCUT2D eigenvalue weighted by molar-refractivity contribution is 5.73. The van der Waals surface area contributed by atoms with Gasteiger partial charge in [0, 0.05) is 6.04 Å². The molecule has 0 aromatic heterocycles. The molecule has 5 N–H and O–H groups in total. The van der Waals surface area contributed by atoms with Crippen LogP contribution in [0.1, 0.15) is 33.3 Å². The molecule has 1 aromatic carbocycles. The van der Waals surface area contributed by atoms with Crippen molar-refractivity contribution in [3.8, 4) is 5.75 Å². The molecule has 0 bridgehead atoms. The normalized spacial score (nSPS) is 26.5. The van der Waals surface area contributed by atoms with E-state index in [-0.39, 0.29) is 30.3 Å². The van der Waals surface area contributed by atoms with E-state index >= 15 is 0 Å². The first-order valence-electron chi connectivity index (χ1n) is 9.66. The fraction of sp³-hybridized carbons (Fsp3) is 0.600. The maximum Gasteiger partial charge on any atom is 0.335 e. The molecule has 1 heterocycles. The number of carbonyl (C=O) groups is 2. The molecular weight excluding hydrogens is 398 g/mol. The van der Waals surface area contributed by atoms with Gasteiger partial charge in [-0.05, 0) is 31.5 Å². The molecule has 1 aliphatic rings. The number of carboxylic acids is 1. The summed E-state index contributed by atoms with van der Waals surface area (Å²) in [6.07, 6.45) is -8.52. The summed E-state index contributed by atoms with van der Waals surface area (Å²) in [5.41, 5.74) is 1.18. The van der Waals surface area contributed by atoms with Crippen molar-refractivity contribution in [2.75, 3.05) is 5.32 Å². The minimum absolute atomic E-state index is 0.00260. The van der Waals surface area contributed by atoms with Gasteiger partial charge in [-0.1, -0.05) is 19.9 Å². The average molecular weight is 427 g/mol. The van der Waals surface area contributed by atoms with Gasteiger partial charge in [-0.3, -0.25) is 4.79 Å². The predicted molar refractivity (Wildman–Crippen MR) is 105 cm³/mol. The van der Waals surface area contributed by atoms with Crippen LogP contribution in [0.3, 0.4) is 0 Å². The Balaban J connectivity index is 2.22. The Bertz CT molecular complexity index is 752. The second kappa shape index (κ2) is 10.1. The lowest BCUT2D eigenvalue weighted by Crippen LogP contribution is -2.61. The highest BCUT2D eigenvalue weighted by atomic mass is 16.7. The van der Waals surface area contributed by atoms with Crippen LogP contribution in [-0.2, 0) is 25.7 Å². The summed E-state index contributed by atoms with van der Waals surface area (Å²) < 4.78 is 16.0. The van der Waals surface area contributed by atoms with Crippen molar-refractivity contribution in [3.05, 3.63) is 23.8 Å². The van der Waals surface area contributed by atoms with Crippen LogP contribution in [0.2, 0.25) is 0 Å². The zero-order valence-corrected chi connectivity index (χ0v) is 17.3. The number of hydrogen-bond acceptors (Lipinski definition) is 9. The SMILES string of the molecule is CC(C)Nc1cc(COC(=O)C(C)C)ccc1OC1OC(C(=O)O)C(O)C(O)C1O. The third-order valence-corrected chi connectivity index (χ3v) is 4.40. The molecule has 168 valence electrons. The van der Waals surface area contributed by atoms with E-state index in [1.54, 1.807) is 32.0 Å². The monoisotopic (exact) mass is 427 g/mol. The Morgan fingerprint density at radius 1 is 1.10 bits per heavy atom. The van der Waals surface area contributed by atoms with Crippen molar-refractivity contribution in [3.63, 3.8) is 0 Å². The van der Waals surface area contributed by atoms with Gasteiger partial charge in [0.2, 0.25) is 6.29 Å². The number of benzene rings is 1. The molecule has 1 aromatic rings. The fourth-order valence-electron chi connectivity index (χ4n) is 2.79. The van der Waals surface area contributed by atoms with Crippen molar-refractivity contribution in [2.24, 2.45) is 5.92 Å². The number of rotatable bonds is 8. The number of aliphatic hydroxyl groups is 3. The first kappa shape index (κ1) is 23.9. The van der Waals surface area contributed by atoms with E-state index in [4.69, 9.17) is 19.3 Å². The molecule has 0 amide bonds. The molecule has 30 heavy (non-hydrogen) atoms. The molecule has 5 unspecified atom stereocenters. The van der Waals surface area contributed by atoms with Crippen LogP contribution in [0.5, 0.6) is 5.75 Å². The smallest absolute Gasteiger partial charge is 0.335 e. The predicted octanol–water partition coefficient (Wildman–Crippen LogP) is 0.477. The van der Waals surface area contributed by atoms with Gasteiger partial charge in [-0.25, -0.2) is 4.79 Å². The van der Waals surface area contributed by atoms with Crippen molar-refractivity contribution in [1.29, 1.82) is 0 Å². The van der Waals surface area contributed by atoms with E-state index in [9.17, 15) is 24.9 Å². The van der Waals surface area contributed by atoms with E-state index in [1.165, 1.54) is 0 Å². The summed E-state index contributed by atoms with van der Waals surface area (Å²) in [4.78, 5) is 22.9. The molecule has 0 spiro atoms. The van der Waals surface area contributed by atoms with Gasteiger partial charge in [-0.15, -0.1) is 0 Å². The fourth-order valence-corrected chi connectivity index (χ4v) is 2.79. The number of esters is 1. The maximum atomic E-state index is 11.7. The van der Waals surface area contributed by atoms with Crippen LogP contribution < -0.4 is 10.1 Å². The Kier molecular flexibility index (Phi) is 8.02. The van der Waals surface area contributed by atoms with E-state index in [2.05, 4.69) is 5.32 Å². The molecular formula is C20H29NO9. The number of anilines is 1. The number of carboxylic acid groups (broad SMARTS) is 1. The zero-order valence-electron chi connectivity index (χ0n) is 17.3. The maximum absolute atomic E-state index is 11.7. The Morgan fingerprint density at radius 2 is 1.77 bits per heavy atom. The summed E-state index contributed by atoms with van der Waals surface area (Å²) in [5.74, 6) is -1.86. The van der Waals surface area contributed by atoms with E-state index in [0.29, 0.717) is 11.3 Å². The quantitative estimate of drug-likeness (QED) is 0.370. The minimum atomic E-state index is -1.80. The Hall–Kier alpha value is -2.40. The molecule has 0 radical (unpaired) electrons. The van der Waals surface area contributed by atoms with Gasteiger partial charge >= 0.3 is 11.9 Å². The summed E-state index contributed by atoms with van der Waals surface area (Å²) >= 11 is 0. The zero-order chi connectivity index (χ0) is 22.6. The number of hydrogen-bond donors (Lipinski definition) is 5. The lowest BCUT2D eigenvalue weighted by molar-refractivity contribution is -0.271. The number of carbonyl (C=O) groups excluding carboxylic acids is 1. The average Bonchev–Trinajstić information content (AvgIpc) is 2.67. The van der Waals surface area contributed by atoms with Crippen molar-refractivity contribution in [2.45, 2.75) is 71.0 Å². The highest BCUT2D eigenvalue weighted by Crippen LogP contribution is 2.31. The Morgan fingerprint density at radius 3 is 2.33 bits per heavy atom. The van der Waals surface area contributed by atoms with Crippen molar-refractivity contribution in [1.82, 2.24) is 0 Å². The molecule has 10 nitrogen and oxygen atoms in total. The van der Waals surface area contributed by atoms with Gasteiger partial charge in [0.25, 0.3) is 0 Å². The number of nitrogens with one attached hydrogen (secondary N) is 1. The van der Waals surface area contributed by atoms with Gasteiger partial charge in [0.1, 0.15) is 30.7 Å². The second-order valence-corrected chi connectivity index (χ2v) is 7.74. The standard InChI is InChI=1S/C20H29NO9/c1-9(2)19(27)28-8-11-5-6-13(12(7-11)21-10(3)4)29-20-16(24)14(22)15(23)17(30-20)18(25)26/h5-7,9-10,14-17,20-24H,8H2,1-4H3,(H,25,26). The summed E-state index contributed by atoms with van der Waals surface area (Å²) in [7, 11) is 0. The van der Waals surface area contributed by atoms with Gasteiger partial charge < -0.3 is 40.0 Å². The van der Waals surface area contributed by atoms with Crippen molar-refractivity contribution < 1.29 is 44.2 Å². The van der Waals surface area contributed by atoms with Crippen LogP contribution in [0.4, 0.5) is 5.69 Å². The van der Waals surface area contributed by atoms with Crippen LogP contribution in [0.25, 0.3) is 0 Å². The van der Waals surface area contributed by atoms with Crippen LogP contribution >= 0.6 is 0 Å². The topological polar surface area (TPSA) is 155 Å². The minimum Gasteiger partial charge on any atom is -0.479 e. The molecule has 1 saturated heterocycles. The third kappa shape index (κ3) is 5.82. The molecule has 1 fully saturated rings. The second-order valence-electron chi connectivity index (χ2n) is 7.74. The number of aliphatic carboxylic acids is 1. The van der Waals surface area contributed by atoms with E-state index in [0.717, 1.165) is 0 Å². The van der Waals surface area contributed by atoms with Crippen LogP contribution in [0, 0.1) is 5.92 Å². The molecule has 0 saturated carbocycles. The van der Waals surface area contributed by atoms with Gasteiger partial charge in [0.15, 0.2) is 6.10 Å². The van der Waals surface area contributed by atoms with E-state index in [1.807, 2.05) is 13.8 Å². The van der Waals surface area contributed by atoms with Crippen LogP contribution in [-0.4, -0.2) is 69.1 Å². The summed E-state index contributed by atoms with van der Waals surface area (Å²) in [6, 6.07) is 4.88. The molecule has 5 atom stereocenters. The number of aliphatic hydroxyl groups excluding tert-OH is 3. The van der Waals surface area contributed by atoms with Crippen LogP contribution in [0.15, 0.2) is 18.2 Å². The van der Waals surface area contributed by atoms with Gasteiger partial charge in [0.05, 0.1) is 11.6 Å². The summed E-state index contributed by atoms with van der Waals surface area (Å²) in [5, 5.41) is 42.2. The van der Waals surface area contributed by atoms with E-state index < -0.39 is 36.7 Å². The first-order valence-corrected chi connectivity index (χ1v) is 9.66. The third-order valence-electron chi connectivity index (χ3n) is 4.40. The molecule has 2 rings (SSSR count). The lowest BCUT2D eigenvalue weighted by atomic mass is 9.99. The molecule has 0 aliphatic carbocycles. The van der Waals surface area contributed by atoms with Crippen molar-refractivity contribution >= 4 is 17.6 Å². The highest BCUT2D eigenvalue weighted by Gasteiger charge is 2.48. The molecule has 1 aliphatic heterocycles. The van der Waals surface area contributed by atoms with Gasteiger partial charge in [-0.2, -0.15) is 0 Å². The largest absolute Gasteiger partial charge is 0.479 e. The first-order chi connectivity index (χ1) is 14.0. The Labute approximate surface area is 174 Å². The summed E-state index contributed by atoms with van der Waals surface area (Å²) in [6.45, 7) is 7.30.